The van der Waals surface area contributed by atoms with Gasteiger partial charge in [0.25, 0.3) is 0 Å². The monoisotopic (exact) mass is 281 g/mol. The Bertz CT molecular complexity index is 773. The standard InChI is InChI=1S/C18H19NO2/c1-21-17(20)12-5-2-7-13-8-6-10-15-14-9-3-4-11-16(14)19-18(13)15/h3-4,6,8-11,19H,2,5,7,12H2,1H3. The van der Waals surface area contributed by atoms with E-state index in [0.29, 0.717) is 6.42 Å². The first-order valence-electron chi connectivity index (χ1n) is 7.34. The zero-order valence-electron chi connectivity index (χ0n) is 12.2. The van der Waals surface area contributed by atoms with Crippen LogP contribution in [0.2, 0.25) is 0 Å². The molecule has 0 amide bonds. The van der Waals surface area contributed by atoms with Gasteiger partial charge in [0, 0.05) is 28.2 Å². The number of aryl methyl sites for hydroxylation is 1. The van der Waals surface area contributed by atoms with Crippen molar-refractivity contribution in [2.75, 3.05) is 7.11 Å². The largest absolute Gasteiger partial charge is 0.469 e. The van der Waals surface area contributed by atoms with Gasteiger partial charge in [0.2, 0.25) is 0 Å². The average molecular weight is 281 g/mol. The van der Waals surface area contributed by atoms with Gasteiger partial charge in [0.1, 0.15) is 0 Å². The molecule has 0 aliphatic heterocycles. The van der Waals surface area contributed by atoms with Gasteiger partial charge in [-0.15, -0.1) is 0 Å². The fraction of sp³-hybridized carbons (Fsp3) is 0.278. The molecule has 0 spiro atoms. The van der Waals surface area contributed by atoms with Gasteiger partial charge in [-0.3, -0.25) is 4.79 Å². The Balaban J connectivity index is 1.81. The Morgan fingerprint density at radius 1 is 1.05 bits per heavy atom. The van der Waals surface area contributed by atoms with E-state index in [-0.39, 0.29) is 5.97 Å². The van der Waals surface area contributed by atoms with Crippen molar-refractivity contribution in [3.05, 3.63) is 48.0 Å². The summed E-state index contributed by atoms with van der Waals surface area (Å²) in [6.45, 7) is 0. The minimum Gasteiger partial charge on any atom is -0.469 e. The quantitative estimate of drug-likeness (QED) is 0.562. The SMILES string of the molecule is COC(=O)CCCCc1cccc2c1[nH]c1ccccc12. The van der Waals surface area contributed by atoms with Crippen LogP contribution in [-0.2, 0) is 16.0 Å². The number of rotatable bonds is 5. The molecule has 0 atom stereocenters. The normalized spacial score (nSPS) is 11.1. The molecule has 1 N–H and O–H groups in total. The minimum atomic E-state index is -0.126. The van der Waals surface area contributed by atoms with Crippen molar-refractivity contribution in [1.82, 2.24) is 4.98 Å². The van der Waals surface area contributed by atoms with Crippen LogP contribution >= 0.6 is 0 Å². The summed E-state index contributed by atoms with van der Waals surface area (Å²) in [6, 6.07) is 14.8. The van der Waals surface area contributed by atoms with Gasteiger partial charge in [-0.25, -0.2) is 0 Å². The summed E-state index contributed by atoms with van der Waals surface area (Å²) in [5, 5.41) is 2.54. The molecule has 0 fully saturated rings. The van der Waals surface area contributed by atoms with Crippen LogP contribution in [0.15, 0.2) is 42.5 Å². The van der Waals surface area contributed by atoms with Crippen molar-refractivity contribution in [2.45, 2.75) is 25.7 Å². The molecule has 0 saturated heterocycles. The summed E-state index contributed by atoms with van der Waals surface area (Å²) in [6.07, 6.45) is 3.33. The molecule has 3 rings (SSSR count). The van der Waals surface area contributed by atoms with Crippen LogP contribution in [0.4, 0.5) is 0 Å². The number of para-hydroxylation sites is 2. The van der Waals surface area contributed by atoms with Crippen LogP contribution in [0.1, 0.15) is 24.8 Å². The molecule has 1 heterocycles. The summed E-state index contributed by atoms with van der Waals surface area (Å²) in [4.78, 5) is 14.6. The van der Waals surface area contributed by atoms with Crippen LogP contribution in [-0.4, -0.2) is 18.1 Å². The van der Waals surface area contributed by atoms with E-state index in [9.17, 15) is 4.79 Å². The maximum atomic E-state index is 11.1. The van der Waals surface area contributed by atoms with Crippen molar-refractivity contribution in [1.29, 1.82) is 0 Å². The number of nitrogens with one attached hydrogen (secondary N) is 1. The molecular weight excluding hydrogens is 262 g/mol. The summed E-state index contributed by atoms with van der Waals surface area (Å²) in [5.41, 5.74) is 3.71. The molecule has 2 aromatic carbocycles. The lowest BCUT2D eigenvalue weighted by Gasteiger charge is -2.03. The first-order chi connectivity index (χ1) is 10.3. The van der Waals surface area contributed by atoms with Gasteiger partial charge in [0.15, 0.2) is 0 Å². The van der Waals surface area contributed by atoms with Crippen molar-refractivity contribution < 1.29 is 9.53 Å². The van der Waals surface area contributed by atoms with Gasteiger partial charge in [-0.1, -0.05) is 36.4 Å². The number of benzene rings is 2. The molecule has 0 aliphatic carbocycles. The number of carbonyl (C=O) groups excluding carboxylic acids is 1. The average Bonchev–Trinajstić information content (AvgIpc) is 2.90. The zero-order chi connectivity index (χ0) is 14.7. The second-order valence-corrected chi connectivity index (χ2v) is 5.29. The predicted molar refractivity (Wildman–Crippen MR) is 85.4 cm³/mol. The van der Waals surface area contributed by atoms with E-state index in [0.717, 1.165) is 19.3 Å². The predicted octanol–water partition coefficient (Wildman–Crippen LogP) is 4.21. The highest BCUT2D eigenvalue weighted by atomic mass is 16.5. The number of methoxy groups -OCH3 is 1. The molecule has 1 aromatic heterocycles. The number of fused-ring (bicyclic) bond motifs is 3. The van der Waals surface area contributed by atoms with Crippen molar-refractivity contribution in [3.8, 4) is 0 Å². The highest BCUT2D eigenvalue weighted by molar-refractivity contribution is 6.08. The number of esters is 1. The highest BCUT2D eigenvalue weighted by Gasteiger charge is 2.07. The molecule has 0 radical (unpaired) electrons. The molecule has 3 heteroatoms. The molecule has 0 bridgehead atoms. The van der Waals surface area contributed by atoms with E-state index in [4.69, 9.17) is 0 Å². The number of carbonyl (C=O) groups is 1. The Labute approximate surface area is 123 Å². The fourth-order valence-corrected chi connectivity index (χ4v) is 2.83. The number of unbranched alkanes of at least 4 members (excludes halogenated alkanes) is 1. The molecule has 3 nitrogen and oxygen atoms in total. The number of hydrogen-bond donors (Lipinski definition) is 1. The molecule has 0 unspecified atom stereocenters. The van der Waals surface area contributed by atoms with E-state index >= 15 is 0 Å². The molecule has 0 saturated carbocycles. The number of hydrogen-bond acceptors (Lipinski definition) is 2. The van der Waals surface area contributed by atoms with E-state index in [1.807, 2.05) is 6.07 Å². The third-order valence-corrected chi connectivity index (χ3v) is 3.93. The van der Waals surface area contributed by atoms with E-state index < -0.39 is 0 Å². The van der Waals surface area contributed by atoms with Crippen LogP contribution in [0.5, 0.6) is 0 Å². The Hall–Kier alpha value is -2.29. The zero-order valence-corrected chi connectivity index (χ0v) is 12.2. The number of aromatic amines is 1. The molecule has 0 aliphatic rings. The molecular formula is C18H19NO2. The van der Waals surface area contributed by atoms with Gasteiger partial charge in [0.05, 0.1) is 7.11 Å². The number of H-pyrrole nitrogens is 1. The van der Waals surface area contributed by atoms with Crippen LogP contribution in [0.3, 0.4) is 0 Å². The van der Waals surface area contributed by atoms with Crippen LogP contribution < -0.4 is 0 Å². The summed E-state index contributed by atoms with van der Waals surface area (Å²) in [5.74, 6) is -0.126. The lowest BCUT2D eigenvalue weighted by Crippen LogP contribution is -1.99. The van der Waals surface area contributed by atoms with Gasteiger partial charge in [-0.05, 0) is 30.9 Å². The smallest absolute Gasteiger partial charge is 0.305 e. The first kappa shape index (κ1) is 13.7. The first-order valence-corrected chi connectivity index (χ1v) is 7.34. The maximum absolute atomic E-state index is 11.1. The third-order valence-electron chi connectivity index (χ3n) is 3.93. The highest BCUT2D eigenvalue weighted by Crippen LogP contribution is 2.28. The maximum Gasteiger partial charge on any atom is 0.305 e. The van der Waals surface area contributed by atoms with Crippen LogP contribution in [0, 0.1) is 0 Å². The second kappa shape index (κ2) is 6.00. The second-order valence-electron chi connectivity index (χ2n) is 5.29. The van der Waals surface area contributed by atoms with Crippen molar-refractivity contribution in [2.24, 2.45) is 0 Å². The van der Waals surface area contributed by atoms with Gasteiger partial charge in [-0.2, -0.15) is 0 Å². The Kier molecular flexibility index (Phi) is 3.91. The van der Waals surface area contributed by atoms with Crippen molar-refractivity contribution in [3.63, 3.8) is 0 Å². The lowest BCUT2D eigenvalue weighted by molar-refractivity contribution is -0.140. The lowest BCUT2D eigenvalue weighted by atomic mass is 10.0. The Morgan fingerprint density at radius 2 is 1.86 bits per heavy atom. The Morgan fingerprint density at radius 3 is 2.71 bits per heavy atom. The van der Waals surface area contributed by atoms with E-state index in [2.05, 4.69) is 46.1 Å². The van der Waals surface area contributed by atoms with E-state index in [1.165, 1.54) is 34.5 Å². The molecule has 108 valence electrons. The van der Waals surface area contributed by atoms with Gasteiger partial charge >= 0.3 is 5.97 Å². The van der Waals surface area contributed by atoms with Crippen molar-refractivity contribution >= 4 is 27.8 Å². The molecule has 3 aromatic rings. The van der Waals surface area contributed by atoms with E-state index in [1.54, 1.807) is 0 Å². The fourth-order valence-electron chi connectivity index (χ4n) is 2.83. The topological polar surface area (TPSA) is 42.1 Å². The molecule has 21 heavy (non-hydrogen) atoms. The number of aromatic nitrogens is 1. The number of ether oxygens (including phenoxy) is 1. The van der Waals surface area contributed by atoms with Crippen LogP contribution in [0.25, 0.3) is 21.8 Å². The minimum absolute atomic E-state index is 0.126. The summed E-state index contributed by atoms with van der Waals surface area (Å²) in [7, 11) is 1.44. The van der Waals surface area contributed by atoms with Gasteiger partial charge < -0.3 is 9.72 Å². The summed E-state index contributed by atoms with van der Waals surface area (Å²) >= 11 is 0. The summed E-state index contributed by atoms with van der Waals surface area (Å²) < 4.78 is 4.67. The third kappa shape index (κ3) is 2.77.